The summed E-state index contributed by atoms with van der Waals surface area (Å²) in [5.74, 6) is 0.0845. The molecule has 0 aliphatic carbocycles. The summed E-state index contributed by atoms with van der Waals surface area (Å²) in [6, 6.07) is 0. The third-order valence-corrected chi connectivity index (χ3v) is 3.17. The molecule has 2 rings (SSSR count). The van der Waals surface area contributed by atoms with E-state index in [9.17, 15) is 9.59 Å². The zero-order valence-corrected chi connectivity index (χ0v) is 9.20. The zero-order valence-electron chi connectivity index (χ0n) is 9.20. The van der Waals surface area contributed by atoms with E-state index < -0.39 is 0 Å². The molecule has 88 valence electrons. The molecule has 2 fully saturated rings. The van der Waals surface area contributed by atoms with Crippen molar-refractivity contribution in [1.82, 2.24) is 10.2 Å². The van der Waals surface area contributed by atoms with Gasteiger partial charge in [0.05, 0.1) is 5.54 Å². The molecule has 5 nitrogen and oxygen atoms in total. The number of ether oxygens (including phenoxy) is 1. The van der Waals surface area contributed by atoms with E-state index in [0.717, 1.165) is 12.8 Å². The Morgan fingerprint density at radius 1 is 1.62 bits per heavy atom. The molecule has 0 bridgehead atoms. The van der Waals surface area contributed by atoms with Crippen molar-refractivity contribution >= 4 is 12.0 Å². The molecule has 16 heavy (non-hydrogen) atoms. The number of hydrogen-bond acceptors (Lipinski definition) is 3. The van der Waals surface area contributed by atoms with Crippen molar-refractivity contribution in [2.45, 2.75) is 24.8 Å². The topological polar surface area (TPSA) is 58.6 Å². The van der Waals surface area contributed by atoms with Crippen LogP contribution in [0.15, 0.2) is 12.7 Å². The number of carbonyl (C=O) groups is 2. The molecule has 1 spiro atoms. The van der Waals surface area contributed by atoms with Crippen LogP contribution in [-0.4, -0.2) is 42.1 Å². The van der Waals surface area contributed by atoms with Crippen LogP contribution in [0.1, 0.15) is 19.3 Å². The molecule has 2 aliphatic heterocycles. The number of carbonyl (C=O) groups excluding carboxylic acids is 2. The second kappa shape index (κ2) is 4.15. The lowest BCUT2D eigenvalue weighted by molar-refractivity contribution is -0.119. The molecule has 2 heterocycles. The van der Waals surface area contributed by atoms with Crippen LogP contribution in [0.2, 0.25) is 0 Å². The molecule has 2 aliphatic rings. The van der Waals surface area contributed by atoms with Crippen LogP contribution in [0, 0.1) is 0 Å². The van der Waals surface area contributed by atoms with E-state index in [4.69, 9.17) is 4.74 Å². The Morgan fingerprint density at radius 2 is 2.44 bits per heavy atom. The zero-order chi connectivity index (χ0) is 11.6. The summed E-state index contributed by atoms with van der Waals surface area (Å²) in [5.41, 5.74) is -0.190. The Labute approximate surface area is 94.4 Å². The Hall–Kier alpha value is -1.52. The molecule has 2 amide bonds. The van der Waals surface area contributed by atoms with Crippen molar-refractivity contribution in [3.8, 4) is 0 Å². The van der Waals surface area contributed by atoms with E-state index in [-0.39, 0.29) is 24.1 Å². The number of nitrogens with one attached hydrogen (secondary N) is 1. The summed E-state index contributed by atoms with van der Waals surface area (Å²) in [7, 11) is 0. The van der Waals surface area contributed by atoms with Gasteiger partial charge in [-0.25, -0.2) is 4.79 Å². The van der Waals surface area contributed by atoms with Crippen molar-refractivity contribution in [2.24, 2.45) is 0 Å². The van der Waals surface area contributed by atoms with Gasteiger partial charge in [0.25, 0.3) is 0 Å². The van der Waals surface area contributed by atoms with Gasteiger partial charge in [-0.2, -0.15) is 0 Å². The Kier molecular flexibility index (Phi) is 2.85. The summed E-state index contributed by atoms with van der Waals surface area (Å²) in [6.07, 6.45) is 3.42. The molecule has 2 saturated heterocycles. The van der Waals surface area contributed by atoms with Crippen molar-refractivity contribution in [3.63, 3.8) is 0 Å². The maximum Gasteiger partial charge on any atom is 0.410 e. The summed E-state index contributed by atoms with van der Waals surface area (Å²) in [4.78, 5) is 24.4. The molecule has 0 aromatic rings. The van der Waals surface area contributed by atoms with Crippen LogP contribution in [0.4, 0.5) is 4.79 Å². The van der Waals surface area contributed by atoms with E-state index in [1.165, 1.54) is 0 Å². The highest BCUT2D eigenvalue weighted by molar-refractivity contribution is 5.80. The van der Waals surface area contributed by atoms with Gasteiger partial charge in [0.1, 0.15) is 6.61 Å². The Bertz CT molecular complexity index is 329. The quantitative estimate of drug-likeness (QED) is 0.701. The lowest BCUT2D eigenvalue weighted by Crippen LogP contribution is -2.44. The molecule has 1 atom stereocenters. The summed E-state index contributed by atoms with van der Waals surface area (Å²) < 4.78 is 4.96. The molecule has 1 unspecified atom stereocenters. The van der Waals surface area contributed by atoms with Crippen LogP contribution >= 0.6 is 0 Å². The average Bonchev–Trinajstić information content (AvgIpc) is 2.83. The highest BCUT2D eigenvalue weighted by Crippen LogP contribution is 2.30. The van der Waals surface area contributed by atoms with Gasteiger partial charge in [-0.05, 0) is 12.8 Å². The van der Waals surface area contributed by atoms with E-state index in [1.807, 2.05) is 0 Å². The third-order valence-electron chi connectivity index (χ3n) is 3.17. The Morgan fingerprint density at radius 3 is 3.06 bits per heavy atom. The minimum atomic E-state index is -0.321. The predicted molar refractivity (Wildman–Crippen MR) is 57.8 cm³/mol. The molecule has 5 heteroatoms. The molecular formula is C11H16N2O3. The largest absolute Gasteiger partial charge is 0.445 e. The monoisotopic (exact) mass is 224 g/mol. The first-order valence-corrected chi connectivity index (χ1v) is 5.49. The van der Waals surface area contributed by atoms with Gasteiger partial charge < -0.3 is 15.0 Å². The van der Waals surface area contributed by atoms with Gasteiger partial charge in [0.2, 0.25) is 5.91 Å². The van der Waals surface area contributed by atoms with E-state index in [2.05, 4.69) is 11.9 Å². The minimum Gasteiger partial charge on any atom is -0.445 e. The van der Waals surface area contributed by atoms with Gasteiger partial charge in [-0.1, -0.05) is 12.7 Å². The smallest absolute Gasteiger partial charge is 0.410 e. The number of likely N-dealkylation sites (tertiary alicyclic amines) is 1. The fraction of sp³-hybridized carbons (Fsp3) is 0.636. The van der Waals surface area contributed by atoms with Crippen molar-refractivity contribution in [1.29, 1.82) is 0 Å². The second-order valence-corrected chi connectivity index (χ2v) is 4.37. The first-order chi connectivity index (χ1) is 7.65. The second-order valence-electron chi connectivity index (χ2n) is 4.37. The number of rotatable bonds is 2. The highest BCUT2D eigenvalue weighted by Gasteiger charge is 2.44. The lowest BCUT2D eigenvalue weighted by atomic mass is 9.97. The third kappa shape index (κ3) is 2.03. The lowest BCUT2D eigenvalue weighted by Gasteiger charge is -2.23. The van der Waals surface area contributed by atoms with Gasteiger partial charge >= 0.3 is 6.09 Å². The van der Waals surface area contributed by atoms with Gasteiger partial charge in [-0.15, -0.1) is 0 Å². The van der Waals surface area contributed by atoms with Crippen LogP contribution < -0.4 is 5.32 Å². The van der Waals surface area contributed by atoms with Crippen LogP contribution in [0.5, 0.6) is 0 Å². The van der Waals surface area contributed by atoms with Crippen LogP contribution in [0.25, 0.3) is 0 Å². The molecule has 1 N–H and O–H groups in total. The molecule has 0 saturated carbocycles. The van der Waals surface area contributed by atoms with Crippen molar-refractivity contribution < 1.29 is 14.3 Å². The van der Waals surface area contributed by atoms with Crippen molar-refractivity contribution in [2.75, 3.05) is 19.7 Å². The Balaban J connectivity index is 1.90. The number of amides is 2. The normalized spacial score (nSPS) is 28.2. The van der Waals surface area contributed by atoms with Gasteiger partial charge in [-0.3, -0.25) is 4.79 Å². The standard InChI is InChI=1S/C11H16N2O3/c1-2-7-16-10(15)13-6-5-11(8-13)4-3-9(14)12-11/h2H,1,3-8H2,(H,12,14). The van der Waals surface area contributed by atoms with E-state index in [1.54, 1.807) is 11.0 Å². The minimum absolute atomic E-state index is 0.0845. The number of nitrogens with zero attached hydrogens (tertiary/aromatic N) is 1. The van der Waals surface area contributed by atoms with Gasteiger partial charge in [0.15, 0.2) is 0 Å². The average molecular weight is 224 g/mol. The first-order valence-electron chi connectivity index (χ1n) is 5.49. The highest BCUT2D eigenvalue weighted by atomic mass is 16.6. The summed E-state index contributed by atoms with van der Waals surface area (Å²) in [6.45, 7) is 4.93. The maximum atomic E-state index is 11.6. The maximum absolute atomic E-state index is 11.6. The number of hydrogen-bond donors (Lipinski definition) is 1. The van der Waals surface area contributed by atoms with Crippen LogP contribution in [0.3, 0.4) is 0 Å². The first kappa shape index (κ1) is 11.0. The van der Waals surface area contributed by atoms with Gasteiger partial charge in [0, 0.05) is 19.5 Å². The molecule has 0 aromatic carbocycles. The fourth-order valence-corrected chi connectivity index (χ4v) is 2.33. The summed E-state index contributed by atoms with van der Waals surface area (Å²) in [5, 5.41) is 2.96. The fourth-order valence-electron chi connectivity index (χ4n) is 2.33. The molecule has 0 radical (unpaired) electrons. The molecule has 0 aromatic heterocycles. The predicted octanol–water partition coefficient (Wildman–Crippen LogP) is 0.663. The summed E-state index contributed by atoms with van der Waals surface area (Å²) >= 11 is 0. The molecular weight excluding hydrogens is 208 g/mol. The van der Waals surface area contributed by atoms with E-state index >= 15 is 0 Å². The SMILES string of the molecule is C=CCOC(=O)N1CCC2(CCC(=O)N2)C1. The van der Waals surface area contributed by atoms with E-state index in [0.29, 0.717) is 19.5 Å². The van der Waals surface area contributed by atoms with Crippen LogP contribution in [-0.2, 0) is 9.53 Å². The van der Waals surface area contributed by atoms with Crippen molar-refractivity contribution in [3.05, 3.63) is 12.7 Å².